The van der Waals surface area contributed by atoms with Gasteiger partial charge in [-0.15, -0.1) is 0 Å². The maximum absolute atomic E-state index is 12.2. The third kappa shape index (κ3) is 4.42. The first-order chi connectivity index (χ1) is 12.1. The van der Waals surface area contributed by atoms with Crippen molar-refractivity contribution in [1.29, 1.82) is 0 Å². The van der Waals surface area contributed by atoms with Gasteiger partial charge in [0.15, 0.2) is 5.82 Å². The molecule has 1 aliphatic rings. The number of ether oxygens (including phenoxy) is 1. The van der Waals surface area contributed by atoms with Crippen LogP contribution in [-0.2, 0) is 22.6 Å². The highest BCUT2D eigenvalue weighted by Gasteiger charge is 2.23. The van der Waals surface area contributed by atoms with Gasteiger partial charge in [-0.2, -0.15) is 5.10 Å². The lowest BCUT2D eigenvalue weighted by Crippen LogP contribution is -2.25. The minimum absolute atomic E-state index is 0.122. The number of nitrogens with zero attached hydrogens (tertiary/aromatic N) is 3. The van der Waals surface area contributed by atoms with Crippen molar-refractivity contribution in [3.8, 4) is 0 Å². The SMILES string of the molecule is O=C(O)Cn1nc(C2CCOCC2)nc1CNC(=O)c1ccccc1. The molecular formula is C17H20N4O4. The average molecular weight is 344 g/mol. The van der Waals surface area contributed by atoms with E-state index >= 15 is 0 Å². The van der Waals surface area contributed by atoms with Crippen molar-refractivity contribution in [2.75, 3.05) is 13.2 Å². The molecular weight excluding hydrogens is 324 g/mol. The molecule has 8 nitrogen and oxygen atoms in total. The van der Waals surface area contributed by atoms with Crippen molar-refractivity contribution in [1.82, 2.24) is 20.1 Å². The Morgan fingerprint density at radius 1 is 1.24 bits per heavy atom. The van der Waals surface area contributed by atoms with Crippen LogP contribution in [0.25, 0.3) is 0 Å². The molecule has 0 saturated carbocycles. The van der Waals surface area contributed by atoms with Crippen molar-refractivity contribution in [2.24, 2.45) is 0 Å². The number of hydrogen-bond donors (Lipinski definition) is 2. The van der Waals surface area contributed by atoms with E-state index < -0.39 is 5.97 Å². The Bertz CT molecular complexity index is 738. The smallest absolute Gasteiger partial charge is 0.325 e. The van der Waals surface area contributed by atoms with Crippen LogP contribution in [0, 0.1) is 0 Å². The Kier molecular flexibility index (Phi) is 5.39. The zero-order valence-electron chi connectivity index (χ0n) is 13.7. The maximum atomic E-state index is 12.2. The van der Waals surface area contributed by atoms with Gasteiger partial charge in [0.05, 0.1) is 6.54 Å². The van der Waals surface area contributed by atoms with Gasteiger partial charge in [-0.05, 0) is 25.0 Å². The summed E-state index contributed by atoms with van der Waals surface area (Å²) in [5, 5.41) is 16.2. The van der Waals surface area contributed by atoms with Crippen LogP contribution >= 0.6 is 0 Å². The summed E-state index contributed by atoms with van der Waals surface area (Å²) in [6.07, 6.45) is 1.62. The first-order valence-electron chi connectivity index (χ1n) is 8.20. The minimum atomic E-state index is -1.00. The van der Waals surface area contributed by atoms with Crippen LogP contribution in [0.5, 0.6) is 0 Å². The van der Waals surface area contributed by atoms with Crippen LogP contribution < -0.4 is 5.32 Å². The monoisotopic (exact) mass is 344 g/mol. The molecule has 1 aromatic carbocycles. The van der Waals surface area contributed by atoms with Crippen molar-refractivity contribution >= 4 is 11.9 Å². The molecule has 8 heteroatoms. The van der Waals surface area contributed by atoms with Gasteiger partial charge in [0.2, 0.25) is 0 Å². The molecule has 132 valence electrons. The molecule has 25 heavy (non-hydrogen) atoms. The van der Waals surface area contributed by atoms with Crippen molar-refractivity contribution in [3.63, 3.8) is 0 Å². The van der Waals surface area contributed by atoms with Crippen molar-refractivity contribution in [2.45, 2.75) is 31.8 Å². The molecule has 1 aliphatic heterocycles. The summed E-state index contributed by atoms with van der Waals surface area (Å²) in [4.78, 5) is 27.7. The number of hydrogen-bond acceptors (Lipinski definition) is 5. The largest absolute Gasteiger partial charge is 0.480 e. The first kappa shape index (κ1) is 17.1. The fraction of sp³-hybridized carbons (Fsp3) is 0.412. The van der Waals surface area contributed by atoms with E-state index in [4.69, 9.17) is 9.84 Å². The molecule has 3 rings (SSSR count). The van der Waals surface area contributed by atoms with Crippen LogP contribution in [0.15, 0.2) is 30.3 Å². The number of aliphatic carboxylic acids is 1. The summed E-state index contributed by atoms with van der Waals surface area (Å²) >= 11 is 0. The van der Waals surface area contributed by atoms with Gasteiger partial charge in [0, 0.05) is 24.7 Å². The predicted octanol–water partition coefficient (Wildman–Crippen LogP) is 1.19. The van der Waals surface area contributed by atoms with Gasteiger partial charge in [0.1, 0.15) is 12.4 Å². The zero-order chi connectivity index (χ0) is 17.6. The fourth-order valence-corrected chi connectivity index (χ4v) is 2.76. The second-order valence-electron chi connectivity index (χ2n) is 5.87. The Balaban J connectivity index is 1.73. The number of nitrogens with one attached hydrogen (secondary N) is 1. The summed E-state index contributed by atoms with van der Waals surface area (Å²) in [5.74, 6) is -0.0220. The number of aromatic nitrogens is 3. The fourth-order valence-electron chi connectivity index (χ4n) is 2.76. The molecule has 0 atom stereocenters. The van der Waals surface area contributed by atoms with E-state index in [9.17, 15) is 9.59 Å². The van der Waals surface area contributed by atoms with Gasteiger partial charge in [-0.25, -0.2) is 9.67 Å². The van der Waals surface area contributed by atoms with Crippen molar-refractivity contribution < 1.29 is 19.4 Å². The Morgan fingerprint density at radius 2 is 1.96 bits per heavy atom. The Morgan fingerprint density at radius 3 is 2.64 bits per heavy atom. The third-order valence-corrected chi connectivity index (χ3v) is 4.08. The molecule has 1 saturated heterocycles. The van der Waals surface area contributed by atoms with Gasteiger partial charge >= 0.3 is 5.97 Å². The second kappa shape index (κ2) is 7.89. The average Bonchev–Trinajstić information content (AvgIpc) is 3.03. The molecule has 2 N–H and O–H groups in total. The summed E-state index contributed by atoms with van der Waals surface area (Å²) in [6.45, 7) is 1.14. The van der Waals surface area contributed by atoms with Crippen molar-refractivity contribution in [3.05, 3.63) is 47.5 Å². The topological polar surface area (TPSA) is 106 Å². The van der Waals surface area contributed by atoms with Crippen LogP contribution in [0.4, 0.5) is 0 Å². The van der Waals surface area contributed by atoms with Crippen LogP contribution in [0.1, 0.15) is 40.8 Å². The van der Waals surface area contributed by atoms with Gasteiger partial charge in [-0.1, -0.05) is 18.2 Å². The van der Waals surface area contributed by atoms with E-state index in [2.05, 4.69) is 15.4 Å². The summed E-state index contributed by atoms with van der Waals surface area (Å²) < 4.78 is 6.68. The summed E-state index contributed by atoms with van der Waals surface area (Å²) in [7, 11) is 0. The molecule has 1 fully saturated rings. The summed E-state index contributed by atoms with van der Waals surface area (Å²) in [6, 6.07) is 8.83. The predicted molar refractivity (Wildman–Crippen MR) is 88.1 cm³/mol. The lowest BCUT2D eigenvalue weighted by molar-refractivity contribution is -0.137. The molecule has 0 radical (unpaired) electrons. The van der Waals surface area contributed by atoms with Gasteiger partial charge in [0.25, 0.3) is 5.91 Å². The van der Waals surface area contributed by atoms with Crippen LogP contribution in [0.3, 0.4) is 0 Å². The second-order valence-corrected chi connectivity index (χ2v) is 5.87. The molecule has 0 aliphatic carbocycles. The highest BCUT2D eigenvalue weighted by atomic mass is 16.5. The Hall–Kier alpha value is -2.74. The lowest BCUT2D eigenvalue weighted by Gasteiger charge is -2.18. The summed E-state index contributed by atoms with van der Waals surface area (Å²) in [5.41, 5.74) is 0.538. The van der Waals surface area contributed by atoms with Gasteiger partial charge in [-0.3, -0.25) is 9.59 Å². The highest BCUT2D eigenvalue weighted by Crippen LogP contribution is 2.24. The molecule has 0 spiro atoms. The van der Waals surface area contributed by atoms with Crippen LogP contribution in [-0.4, -0.2) is 45.0 Å². The number of benzene rings is 1. The highest BCUT2D eigenvalue weighted by molar-refractivity contribution is 5.94. The minimum Gasteiger partial charge on any atom is -0.480 e. The van der Waals surface area contributed by atoms with E-state index in [1.54, 1.807) is 24.3 Å². The number of carboxylic acid groups (broad SMARTS) is 1. The van der Waals surface area contributed by atoms with Crippen LogP contribution in [0.2, 0.25) is 0 Å². The number of carbonyl (C=O) groups excluding carboxylic acids is 1. The standard InChI is InChI=1S/C17H20N4O4/c22-15(23)11-21-14(10-18-17(24)13-4-2-1-3-5-13)19-16(20-21)12-6-8-25-9-7-12/h1-5,12H,6-11H2,(H,18,24)(H,22,23). The molecule has 1 amide bonds. The number of carbonyl (C=O) groups is 2. The number of carboxylic acids is 1. The molecule has 2 heterocycles. The normalized spacial score (nSPS) is 15.0. The quantitative estimate of drug-likeness (QED) is 0.815. The molecule has 2 aromatic rings. The van der Waals surface area contributed by atoms with E-state index in [1.807, 2.05) is 6.07 Å². The van der Waals surface area contributed by atoms with E-state index in [1.165, 1.54) is 4.68 Å². The number of amides is 1. The first-order valence-corrected chi connectivity index (χ1v) is 8.20. The molecule has 0 bridgehead atoms. The molecule has 1 aromatic heterocycles. The van der Waals surface area contributed by atoms with E-state index in [0.717, 1.165) is 12.8 Å². The Labute approximate surface area is 144 Å². The van der Waals surface area contributed by atoms with E-state index in [0.29, 0.717) is 30.4 Å². The maximum Gasteiger partial charge on any atom is 0.325 e. The molecule has 0 unspecified atom stereocenters. The van der Waals surface area contributed by atoms with E-state index in [-0.39, 0.29) is 24.9 Å². The zero-order valence-corrected chi connectivity index (χ0v) is 13.7. The lowest BCUT2D eigenvalue weighted by atomic mass is 10.00. The van der Waals surface area contributed by atoms with Gasteiger partial charge < -0.3 is 15.2 Å². The number of rotatable bonds is 6. The third-order valence-electron chi connectivity index (χ3n) is 4.08.